The maximum Gasteiger partial charge on any atom is 0.217 e. The molecular weight excluding hydrogens is 316 g/mol. The fourth-order valence-electron chi connectivity index (χ4n) is 2.36. The Kier molecular flexibility index (Phi) is 11.8. The maximum absolute atomic E-state index is 6.43. The topological polar surface area (TPSA) is 27.7 Å². The molecule has 7 heteroatoms. The summed E-state index contributed by atoms with van der Waals surface area (Å²) in [6.07, 6.45) is 0. The molecule has 0 saturated heterocycles. The van der Waals surface area contributed by atoms with Crippen LogP contribution in [0.1, 0.15) is 41.5 Å². The molecule has 0 spiro atoms. The molecular formula is C13H36O3Si4. The third-order valence-electron chi connectivity index (χ3n) is 3.87. The molecule has 0 aliphatic rings. The molecule has 0 atom stereocenters. The molecule has 0 heterocycles. The molecule has 0 amide bonds. The lowest BCUT2D eigenvalue weighted by Gasteiger charge is -2.39. The van der Waals surface area contributed by atoms with Gasteiger partial charge in [-0.25, -0.2) is 0 Å². The van der Waals surface area contributed by atoms with E-state index < -0.39 is 32.7 Å². The Balaban J connectivity index is 4.89. The monoisotopic (exact) mass is 352 g/mol. The lowest BCUT2D eigenvalue weighted by molar-refractivity contribution is -0.195. The Morgan fingerprint density at radius 1 is 0.600 bits per heavy atom. The third kappa shape index (κ3) is 7.67. The van der Waals surface area contributed by atoms with E-state index in [0.717, 1.165) is 10.2 Å². The van der Waals surface area contributed by atoms with Crippen LogP contribution in [0.25, 0.3) is 0 Å². The van der Waals surface area contributed by atoms with Gasteiger partial charge in [0.05, 0.1) is 0 Å². The summed E-state index contributed by atoms with van der Waals surface area (Å²) in [6.45, 7) is 13.4. The molecule has 0 aliphatic heterocycles. The highest BCUT2D eigenvalue weighted by molar-refractivity contribution is 6.55. The van der Waals surface area contributed by atoms with Crippen LogP contribution >= 0.6 is 0 Å². The first-order valence-electron chi connectivity index (χ1n) is 8.51. The fourth-order valence-corrected chi connectivity index (χ4v) is 10.6. The van der Waals surface area contributed by atoms with Gasteiger partial charge in [0.25, 0.3) is 0 Å². The molecule has 0 saturated carbocycles. The van der Waals surface area contributed by atoms with E-state index in [2.05, 4.69) is 41.5 Å². The first-order chi connectivity index (χ1) is 9.48. The standard InChI is InChI=1S/C13H36O3Si4/c1-7-18(8-2)14-13(17,15-19(9-3)10-4)16-20(11-5)12-6/h18-20H,7-12H2,1-6,17H3. The predicted molar refractivity (Wildman–Crippen MR) is 100 cm³/mol. The van der Waals surface area contributed by atoms with Gasteiger partial charge in [-0.15, -0.1) is 0 Å². The van der Waals surface area contributed by atoms with Crippen molar-refractivity contribution in [3.63, 3.8) is 0 Å². The Hall–Kier alpha value is 0.748. The zero-order chi connectivity index (χ0) is 15.6. The van der Waals surface area contributed by atoms with Gasteiger partial charge >= 0.3 is 0 Å². The van der Waals surface area contributed by atoms with E-state index in [1.807, 2.05) is 0 Å². The summed E-state index contributed by atoms with van der Waals surface area (Å²) in [5.74, 6) is 0. The summed E-state index contributed by atoms with van der Waals surface area (Å²) in [5, 5.41) is 0. The fraction of sp³-hybridized carbons (Fsp3) is 1.00. The highest BCUT2D eigenvalue weighted by Gasteiger charge is 2.34. The molecule has 0 aromatic carbocycles. The van der Waals surface area contributed by atoms with Crippen LogP contribution in [0.5, 0.6) is 0 Å². The lowest BCUT2D eigenvalue weighted by atomic mass is 10.9. The Morgan fingerprint density at radius 3 is 0.950 bits per heavy atom. The molecule has 0 fully saturated rings. The second-order valence-electron chi connectivity index (χ2n) is 5.53. The van der Waals surface area contributed by atoms with Crippen LogP contribution in [0.2, 0.25) is 36.3 Å². The van der Waals surface area contributed by atoms with Gasteiger partial charge in [-0.3, -0.25) is 0 Å². The van der Waals surface area contributed by atoms with Gasteiger partial charge in [-0.2, -0.15) is 0 Å². The largest absolute Gasteiger partial charge is 0.378 e. The summed E-state index contributed by atoms with van der Waals surface area (Å²) in [7, 11) is -2.62. The van der Waals surface area contributed by atoms with E-state index in [4.69, 9.17) is 13.3 Å². The zero-order valence-electron chi connectivity index (χ0n) is 14.7. The minimum atomic E-state index is -1.15. The first kappa shape index (κ1) is 20.7. The molecule has 0 aromatic rings. The molecule has 0 aromatic heterocycles. The summed E-state index contributed by atoms with van der Waals surface area (Å²) >= 11 is 0. The minimum absolute atomic E-state index is 0.602. The highest BCUT2D eigenvalue weighted by atomic mass is 28.3. The van der Waals surface area contributed by atoms with Gasteiger partial charge in [-0.05, 0) is 36.3 Å². The second kappa shape index (κ2) is 11.3. The Bertz CT molecular complexity index is 196. The van der Waals surface area contributed by atoms with E-state index in [9.17, 15) is 0 Å². The lowest BCUT2D eigenvalue weighted by Crippen LogP contribution is -2.50. The van der Waals surface area contributed by atoms with Crippen molar-refractivity contribution in [1.82, 2.24) is 0 Å². The predicted octanol–water partition coefficient (Wildman–Crippen LogP) is 2.30. The smallest absolute Gasteiger partial charge is 0.217 e. The number of hydrogen-bond acceptors (Lipinski definition) is 3. The van der Waals surface area contributed by atoms with Crippen molar-refractivity contribution in [2.75, 3.05) is 0 Å². The molecule has 0 rings (SSSR count). The van der Waals surface area contributed by atoms with Crippen molar-refractivity contribution < 1.29 is 13.3 Å². The zero-order valence-corrected chi connectivity index (χ0v) is 20.2. The molecule has 0 aliphatic carbocycles. The highest BCUT2D eigenvalue weighted by Crippen LogP contribution is 2.22. The normalized spacial score (nSPS) is 13.1. The molecule has 0 unspecified atom stereocenters. The molecule has 0 radical (unpaired) electrons. The SMILES string of the molecule is CC[SiH](CC)OC([SiH3])(O[SiH](CC)CC)O[SiH](CC)CC. The molecule has 122 valence electrons. The average molecular weight is 353 g/mol. The van der Waals surface area contributed by atoms with Crippen LogP contribution in [0, 0.1) is 0 Å². The van der Waals surface area contributed by atoms with E-state index >= 15 is 0 Å². The van der Waals surface area contributed by atoms with E-state index in [1.165, 1.54) is 36.3 Å². The average Bonchev–Trinajstić information content (AvgIpc) is 2.48. The second-order valence-corrected chi connectivity index (χ2v) is 16.1. The third-order valence-corrected chi connectivity index (χ3v) is 13.7. The molecule has 20 heavy (non-hydrogen) atoms. The summed E-state index contributed by atoms with van der Waals surface area (Å²) in [6, 6.07) is 7.01. The molecule has 0 bridgehead atoms. The number of rotatable bonds is 12. The van der Waals surface area contributed by atoms with Crippen molar-refractivity contribution in [3.05, 3.63) is 0 Å². The minimum Gasteiger partial charge on any atom is -0.378 e. The van der Waals surface area contributed by atoms with Crippen molar-refractivity contribution in [2.24, 2.45) is 0 Å². The van der Waals surface area contributed by atoms with Gasteiger partial charge in [0.15, 0.2) is 27.1 Å². The van der Waals surface area contributed by atoms with Gasteiger partial charge in [0.1, 0.15) is 10.2 Å². The van der Waals surface area contributed by atoms with Crippen LogP contribution in [-0.2, 0) is 13.3 Å². The Labute approximate surface area is 134 Å². The van der Waals surface area contributed by atoms with Crippen LogP contribution in [-0.4, -0.2) is 43.0 Å². The maximum atomic E-state index is 6.43. The van der Waals surface area contributed by atoms with Crippen LogP contribution in [0.15, 0.2) is 0 Å². The van der Waals surface area contributed by atoms with E-state index in [0.29, 0.717) is 0 Å². The van der Waals surface area contributed by atoms with Gasteiger partial charge < -0.3 is 13.3 Å². The van der Waals surface area contributed by atoms with Crippen molar-refractivity contribution >= 4 is 37.4 Å². The van der Waals surface area contributed by atoms with Gasteiger partial charge in [-0.1, -0.05) is 41.5 Å². The Morgan fingerprint density at radius 2 is 0.800 bits per heavy atom. The summed E-state index contributed by atoms with van der Waals surface area (Å²) in [4.78, 5) is 0. The van der Waals surface area contributed by atoms with Crippen molar-refractivity contribution in [2.45, 2.75) is 83.4 Å². The van der Waals surface area contributed by atoms with E-state index in [-0.39, 0.29) is 0 Å². The summed E-state index contributed by atoms with van der Waals surface area (Å²) < 4.78 is 19.3. The van der Waals surface area contributed by atoms with Crippen molar-refractivity contribution in [3.8, 4) is 0 Å². The van der Waals surface area contributed by atoms with Crippen LogP contribution < -0.4 is 0 Å². The van der Waals surface area contributed by atoms with Gasteiger partial charge in [0, 0.05) is 0 Å². The molecule has 0 N–H and O–H groups in total. The number of hydrogen-bond donors (Lipinski definition) is 0. The first-order valence-corrected chi connectivity index (χ1v) is 15.8. The van der Waals surface area contributed by atoms with Crippen LogP contribution in [0.3, 0.4) is 0 Å². The van der Waals surface area contributed by atoms with Crippen molar-refractivity contribution in [1.29, 1.82) is 0 Å². The van der Waals surface area contributed by atoms with Crippen LogP contribution in [0.4, 0.5) is 0 Å². The van der Waals surface area contributed by atoms with Gasteiger partial charge in [0.2, 0.25) is 5.60 Å². The summed E-state index contributed by atoms with van der Waals surface area (Å²) in [5.41, 5.74) is -0.602. The quantitative estimate of drug-likeness (QED) is 0.398. The molecule has 3 nitrogen and oxygen atoms in total. The van der Waals surface area contributed by atoms with E-state index in [1.54, 1.807) is 0 Å².